The van der Waals surface area contributed by atoms with E-state index in [0.29, 0.717) is 6.47 Å². The average Bonchev–Trinajstić information content (AvgIpc) is 2.16. The first-order chi connectivity index (χ1) is 6.41. The highest BCUT2D eigenvalue weighted by molar-refractivity contribution is 5.38. The van der Waals surface area contributed by atoms with Gasteiger partial charge in [-0.15, -0.1) is 0 Å². The van der Waals surface area contributed by atoms with E-state index in [0.717, 1.165) is 6.42 Å². The minimum absolute atomic E-state index is 0.442. The average molecular weight is 184 g/mol. The molecular formula is C11H20O2. The van der Waals surface area contributed by atoms with E-state index in [4.69, 9.17) is 0 Å². The number of ether oxygens (including phenoxy) is 1. The van der Waals surface area contributed by atoms with Crippen LogP contribution in [0.2, 0.25) is 0 Å². The second-order valence-corrected chi connectivity index (χ2v) is 3.16. The zero-order valence-corrected chi connectivity index (χ0v) is 8.50. The van der Waals surface area contributed by atoms with Gasteiger partial charge in [0.05, 0.1) is 6.26 Å². The molecule has 0 spiro atoms. The van der Waals surface area contributed by atoms with Gasteiger partial charge in [-0.05, 0) is 18.9 Å². The quantitative estimate of drug-likeness (QED) is 0.312. The van der Waals surface area contributed by atoms with Crippen molar-refractivity contribution in [3.05, 3.63) is 12.3 Å². The van der Waals surface area contributed by atoms with Crippen molar-refractivity contribution in [2.75, 3.05) is 0 Å². The summed E-state index contributed by atoms with van der Waals surface area (Å²) in [5.41, 5.74) is 0. The number of unbranched alkanes of at least 4 members (excludes halogenated alkanes) is 6. The summed E-state index contributed by atoms with van der Waals surface area (Å²) in [6, 6.07) is 0. The van der Waals surface area contributed by atoms with Gasteiger partial charge in [0, 0.05) is 0 Å². The van der Waals surface area contributed by atoms with Crippen LogP contribution in [0.3, 0.4) is 0 Å². The number of allylic oxidation sites excluding steroid dienone is 1. The van der Waals surface area contributed by atoms with E-state index in [1.54, 1.807) is 0 Å². The second kappa shape index (κ2) is 11.2. The van der Waals surface area contributed by atoms with Gasteiger partial charge in [-0.25, -0.2) is 0 Å². The Hall–Kier alpha value is -0.790. The third-order valence-electron chi connectivity index (χ3n) is 1.95. The molecule has 0 radical (unpaired) electrons. The molecular weight excluding hydrogens is 164 g/mol. The molecule has 76 valence electrons. The molecule has 2 nitrogen and oxygen atoms in total. The molecule has 0 saturated heterocycles. The molecule has 0 heterocycles. The van der Waals surface area contributed by atoms with Crippen LogP contribution < -0.4 is 0 Å². The molecule has 0 aromatic carbocycles. The molecule has 0 aliphatic carbocycles. The highest BCUT2D eigenvalue weighted by Crippen LogP contribution is 2.06. The molecule has 0 amide bonds. The van der Waals surface area contributed by atoms with Crippen LogP contribution in [-0.2, 0) is 9.53 Å². The van der Waals surface area contributed by atoms with E-state index in [9.17, 15) is 4.79 Å². The van der Waals surface area contributed by atoms with E-state index in [-0.39, 0.29) is 0 Å². The summed E-state index contributed by atoms with van der Waals surface area (Å²) in [6.07, 6.45) is 12.2. The minimum Gasteiger partial charge on any atom is -0.437 e. The lowest BCUT2D eigenvalue weighted by Gasteiger charge is -1.97. The molecule has 0 N–H and O–H groups in total. The lowest BCUT2D eigenvalue weighted by atomic mass is 10.1. The zero-order chi connectivity index (χ0) is 9.78. The van der Waals surface area contributed by atoms with Gasteiger partial charge in [0.1, 0.15) is 0 Å². The number of carbonyl (C=O) groups excluding carboxylic acids is 1. The zero-order valence-electron chi connectivity index (χ0n) is 8.50. The van der Waals surface area contributed by atoms with E-state index >= 15 is 0 Å². The van der Waals surface area contributed by atoms with Gasteiger partial charge < -0.3 is 4.74 Å². The maximum Gasteiger partial charge on any atom is 0.297 e. The molecule has 13 heavy (non-hydrogen) atoms. The largest absolute Gasteiger partial charge is 0.437 e. The van der Waals surface area contributed by atoms with Crippen LogP contribution >= 0.6 is 0 Å². The Morgan fingerprint density at radius 2 is 1.77 bits per heavy atom. The van der Waals surface area contributed by atoms with Crippen LogP contribution in [0.4, 0.5) is 0 Å². The Kier molecular flexibility index (Phi) is 10.5. The SMILES string of the molecule is CCCCCCCCC=COC=O. The van der Waals surface area contributed by atoms with Crippen LogP contribution in [0.5, 0.6) is 0 Å². The van der Waals surface area contributed by atoms with Crippen LogP contribution in [0.15, 0.2) is 12.3 Å². The van der Waals surface area contributed by atoms with E-state index in [1.165, 1.54) is 44.8 Å². The van der Waals surface area contributed by atoms with Gasteiger partial charge in [-0.1, -0.05) is 39.0 Å². The molecule has 0 unspecified atom stereocenters. The summed E-state index contributed by atoms with van der Waals surface area (Å²) >= 11 is 0. The van der Waals surface area contributed by atoms with Crippen LogP contribution in [0.25, 0.3) is 0 Å². The minimum atomic E-state index is 0.442. The van der Waals surface area contributed by atoms with Crippen molar-refractivity contribution in [3.63, 3.8) is 0 Å². The molecule has 0 rings (SSSR count). The predicted octanol–water partition coefficient (Wildman–Crippen LogP) is 3.42. The highest BCUT2D eigenvalue weighted by atomic mass is 16.5. The lowest BCUT2D eigenvalue weighted by molar-refractivity contribution is -0.123. The Morgan fingerprint density at radius 1 is 1.08 bits per heavy atom. The van der Waals surface area contributed by atoms with E-state index < -0.39 is 0 Å². The molecule has 0 atom stereocenters. The van der Waals surface area contributed by atoms with E-state index in [1.807, 2.05) is 6.08 Å². The number of hydrogen-bond acceptors (Lipinski definition) is 2. The standard InChI is InChI=1S/C11H20O2/c1-2-3-4-5-6-7-8-9-10-13-11-12/h9-11H,2-8H2,1H3. The smallest absolute Gasteiger partial charge is 0.297 e. The third kappa shape index (κ3) is 11.2. The topological polar surface area (TPSA) is 26.3 Å². The second-order valence-electron chi connectivity index (χ2n) is 3.16. The monoisotopic (exact) mass is 184 g/mol. The van der Waals surface area contributed by atoms with Gasteiger partial charge in [0.15, 0.2) is 0 Å². The molecule has 0 aromatic rings. The molecule has 2 heteroatoms. The summed E-state index contributed by atoms with van der Waals surface area (Å²) in [5.74, 6) is 0. The van der Waals surface area contributed by atoms with Crippen LogP contribution in [0, 0.1) is 0 Å². The summed E-state index contributed by atoms with van der Waals surface area (Å²) < 4.78 is 4.42. The van der Waals surface area contributed by atoms with Crippen LogP contribution in [-0.4, -0.2) is 6.47 Å². The molecule has 0 aromatic heterocycles. The Bertz CT molecular complexity index is 130. The maximum absolute atomic E-state index is 9.74. The van der Waals surface area contributed by atoms with Gasteiger partial charge in [0.2, 0.25) is 0 Å². The third-order valence-corrected chi connectivity index (χ3v) is 1.95. The number of rotatable bonds is 9. The maximum atomic E-state index is 9.74. The van der Waals surface area contributed by atoms with Gasteiger partial charge in [-0.2, -0.15) is 0 Å². The van der Waals surface area contributed by atoms with Crippen molar-refractivity contribution in [2.45, 2.75) is 51.9 Å². The van der Waals surface area contributed by atoms with Crippen molar-refractivity contribution in [1.29, 1.82) is 0 Å². The highest BCUT2D eigenvalue weighted by Gasteiger charge is 1.87. The first-order valence-electron chi connectivity index (χ1n) is 5.16. The summed E-state index contributed by atoms with van der Waals surface area (Å²) in [4.78, 5) is 9.74. The predicted molar refractivity (Wildman–Crippen MR) is 54.3 cm³/mol. The van der Waals surface area contributed by atoms with Crippen molar-refractivity contribution < 1.29 is 9.53 Å². The summed E-state index contributed by atoms with van der Waals surface area (Å²) in [6.45, 7) is 2.66. The Balaban J connectivity index is 2.94. The van der Waals surface area contributed by atoms with E-state index in [2.05, 4.69) is 11.7 Å². The fourth-order valence-corrected chi connectivity index (χ4v) is 1.20. The fraction of sp³-hybridized carbons (Fsp3) is 0.727. The molecule has 0 fully saturated rings. The first kappa shape index (κ1) is 12.2. The Morgan fingerprint density at radius 3 is 2.46 bits per heavy atom. The van der Waals surface area contributed by atoms with Gasteiger partial charge in [-0.3, -0.25) is 4.79 Å². The summed E-state index contributed by atoms with van der Waals surface area (Å²) in [5, 5.41) is 0. The molecule has 0 saturated carbocycles. The van der Waals surface area contributed by atoms with Crippen molar-refractivity contribution in [2.24, 2.45) is 0 Å². The first-order valence-corrected chi connectivity index (χ1v) is 5.16. The van der Waals surface area contributed by atoms with Crippen molar-refractivity contribution >= 4 is 6.47 Å². The van der Waals surface area contributed by atoms with Crippen LogP contribution in [0.1, 0.15) is 51.9 Å². The van der Waals surface area contributed by atoms with Gasteiger partial charge >= 0.3 is 0 Å². The number of hydrogen-bond donors (Lipinski definition) is 0. The molecule has 0 bridgehead atoms. The van der Waals surface area contributed by atoms with Crippen molar-refractivity contribution in [1.82, 2.24) is 0 Å². The molecule has 0 aliphatic heterocycles. The Labute approximate surface area is 81.0 Å². The number of carbonyl (C=O) groups is 1. The van der Waals surface area contributed by atoms with Gasteiger partial charge in [0.25, 0.3) is 6.47 Å². The van der Waals surface area contributed by atoms with Crippen molar-refractivity contribution in [3.8, 4) is 0 Å². The lowest BCUT2D eigenvalue weighted by Crippen LogP contribution is -1.78. The molecule has 0 aliphatic rings. The summed E-state index contributed by atoms with van der Waals surface area (Å²) in [7, 11) is 0. The normalized spacial score (nSPS) is 10.5. The fourth-order valence-electron chi connectivity index (χ4n) is 1.20.